The summed E-state index contributed by atoms with van der Waals surface area (Å²) in [4.78, 5) is 0. The van der Waals surface area contributed by atoms with Crippen LogP contribution in [0.25, 0.3) is 0 Å². The summed E-state index contributed by atoms with van der Waals surface area (Å²) in [5.41, 5.74) is -2.80. The first-order valence-electron chi connectivity index (χ1n) is 2.94. The fourth-order valence-electron chi connectivity index (χ4n) is 0.431. The minimum atomic E-state index is -3.91. The van der Waals surface area contributed by atoms with Crippen molar-refractivity contribution in [2.45, 2.75) is 17.8 Å². The molecule has 1 aliphatic rings. The quantitative estimate of drug-likeness (QED) is 0.495. The summed E-state index contributed by atoms with van der Waals surface area (Å²) < 4.78 is 44.5. The van der Waals surface area contributed by atoms with Gasteiger partial charge >= 0.3 is 6.11 Å². The summed E-state index contributed by atoms with van der Waals surface area (Å²) >= 11 is 4.49. The van der Waals surface area contributed by atoms with Crippen molar-refractivity contribution >= 4 is 11.6 Å². The fraction of sp³-hybridized carbons (Fsp3) is 1.00. The highest BCUT2D eigenvalue weighted by Crippen LogP contribution is 2.27. The van der Waals surface area contributed by atoms with Gasteiger partial charge in [-0.2, -0.15) is 8.78 Å². The van der Waals surface area contributed by atoms with Gasteiger partial charge in [0.05, 0.1) is 13.2 Å². The van der Waals surface area contributed by atoms with Crippen molar-refractivity contribution in [1.82, 2.24) is 0 Å². The number of halogens is 4. The number of hydrogen-bond acceptors (Lipinski definition) is 2. The van der Waals surface area contributed by atoms with Crippen LogP contribution >= 0.6 is 11.6 Å². The van der Waals surface area contributed by atoms with Crippen LogP contribution in [-0.4, -0.2) is 31.1 Å². The standard InChI is InChI=1S/C5H6ClF3O2/c6-4(7)5(8,9)11-2-3-1-10-3/h3-4H,1-2H2. The monoisotopic (exact) mass is 190 g/mol. The normalized spacial score (nSPS) is 26.7. The molecule has 1 heterocycles. The molecule has 0 amide bonds. The molecule has 0 aromatic carbocycles. The van der Waals surface area contributed by atoms with Gasteiger partial charge in [-0.1, -0.05) is 11.6 Å². The van der Waals surface area contributed by atoms with Crippen molar-refractivity contribution in [2.24, 2.45) is 0 Å². The van der Waals surface area contributed by atoms with Crippen LogP contribution in [0.3, 0.4) is 0 Å². The predicted octanol–water partition coefficient (Wildman–Crippen LogP) is 1.53. The SMILES string of the molecule is FC(Cl)C(F)(F)OCC1CO1. The van der Waals surface area contributed by atoms with Crippen molar-refractivity contribution in [3.05, 3.63) is 0 Å². The van der Waals surface area contributed by atoms with Crippen LogP contribution in [0, 0.1) is 0 Å². The molecule has 6 heteroatoms. The average Bonchev–Trinajstić information content (AvgIpc) is 2.65. The molecule has 0 aromatic heterocycles. The van der Waals surface area contributed by atoms with Gasteiger partial charge in [-0.15, -0.1) is 0 Å². The van der Waals surface area contributed by atoms with Gasteiger partial charge in [-0.25, -0.2) is 4.39 Å². The lowest BCUT2D eigenvalue weighted by atomic mass is 10.5. The molecule has 0 N–H and O–H groups in total. The number of ether oxygens (including phenoxy) is 2. The smallest absolute Gasteiger partial charge is 0.371 e. The Labute approximate surface area is 66.2 Å². The minimum absolute atomic E-state index is 0.319. The maximum atomic E-state index is 12.1. The number of alkyl halides is 4. The Balaban J connectivity index is 2.20. The molecule has 1 fully saturated rings. The topological polar surface area (TPSA) is 21.8 Å². The van der Waals surface area contributed by atoms with Crippen LogP contribution in [-0.2, 0) is 9.47 Å². The number of hydrogen-bond donors (Lipinski definition) is 0. The van der Waals surface area contributed by atoms with Crippen LogP contribution in [0.1, 0.15) is 0 Å². The van der Waals surface area contributed by atoms with E-state index >= 15 is 0 Å². The van der Waals surface area contributed by atoms with E-state index < -0.39 is 11.7 Å². The van der Waals surface area contributed by atoms with Gasteiger partial charge in [0.1, 0.15) is 6.10 Å². The fourth-order valence-corrected chi connectivity index (χ4v) is 0.494. The average molecular weight is 191 g/mol. The van der Waals surface area contributed by atoms with E-state index in [1.54, 1.807) is 0 Å². The molecule has 0 saturated carbocycles. The Morgan fingerprint density at radius 1 is 1.73 bits per heavy atom. The summed E-state index contributed by atoms with van der Waals surface area (Å²) in [6.45, 7) is 0.0649. The molecule has 2 unspecified atom stereocenters. The summed E-state index contributed by atoms with van der Waals surface area (Å²) in [5, 5.41) is 0. The second kappa shape index (κ2) is 3.16. The molecular formula is C5H6ClF3O2. The first-order chi connectivity index (χ1) is 5.02. The molecular weight excluding hydrogens is 184 g/mol. The van der Waals surface area contributed by atoms with Crippen molar-refractivity contribution < 1.29 is 22.6 Å². The molecule has 0 bridgehead atoms. The highest BCUT2D eigenvalue weighted by Gasteiger charge is 2.42. The molecule has 0 aliphatic carbocycles. The third kappa shape index (κ3) is 2.84. The first-order valence-corrected chi connectivity index (χ1v) is 3.37. The summed E-state index contributed by atoms with van der Waals surface area (Å²) in [5.74, 6) is 0. The predicted molar refractivity (Wildman–Crippen MR) is 31.4 cm³/mol. The Morgan fingerprint density at radius 2 is 2.27 bits per heavy atom. The lowest BCUT2D eigenvalue weighted by Crippen LogP contribution is -2.30. The molecule has 1 aliphatic heterocycles. The van der Waals surface area contributed by atoms with E-state index in [1.807, 2.05) is 0 Å². The van der Waals surface area contributed by atoms with E-state index in [4.69, 9.17) is 0 Å². The van der Waals surface area contributed by atoms with Crippen LogP contribution in [0.4, 0.5) is 13.2 Å². The first kappa shape index (κ1) is 9.09. The van der Waals surface area contributed by atoms with Crippen LogP contribution in [0.15, 0.2) is 0 Å². The molecule has 0 aromatic rings. The summed E-state index contributed by atoms with van der Waals surface area (Å²) in [7, 11) is 0. The third-order valence-corrected chi connectivity index (χ3v) is 1.37. The van der Waals surface area contributed by atoms with Crippen LogP contribution in [0.2, 0.25) is 0 Å². The van der Waals surface area contributed by atoms with E-state index in [9.17, 15) is 13.2 Å². The Kier molecular flexibility index (Phi) is 2.61. The van der Waals surface area contributed by atoms with Crippen LogP contribution < -0.4 is 0 Å². The molecule has 1 saturated heterocycles. The zero-order chi connectivity index (χ0) is 8.48. The van der Waals surface area contributed by atoms with E-state index in [0.29, 0.717) is 6.61 Å². The maximum absolute atomic E-state index is 12.1. The molecule has 1 rings (SSSR count). The Bertz CT molecular complexity index is 138. The highest BCUT2D eigenvalue weighted by atomic mass is 35.5. The van der Waals surface area contributed by atoms with Gasteiger partial charge in [0.2, 0.25) is 0 Å². The Morgan fingerprint density at radius 3 is 2.64 bits per heavy atom. The van der Waals surface area contributed by atoms with Gasteiger partial charge < -0.3 is 9.47 Å². The maximum Gasteiger partial charge on any atom is 0.401 e. The molecule has 66 valence electrons. The largest absolute Gasteiger partial charge is 0.401 e. The van der Waals surface area contributed by atoms with Gasteiger partial charge in [0.15, 0.2) is 0 Å². The van der Waals surface area contributed by atoms with E-state index in [0.717, 1.165) is 0 Å². The minimum Gasteiger partial charge on any atom is -0.371 e. The lowest BCUT2D eigenvalue weighted by Gasteiger charge is -2.15. The molecule has 11 heavy (non-hydrogen) atoms. The second-order valence-electron chi connectivity index (χ2n) is 2.13. The van der Waals surface area contributed by atoms with E-state index in [-0.39, 0.29) is 12.7 Å². The summed E-state index contributed by atoms with van der Waals surface area (Å²) in [6, 6.07) is 0. The van der Waals surface area contributed by atoms with E-state index in [2.05, 4.69) is 21.1 Å². The van der Waals surface area contributed by atoms with Crippen molar-refractivity contribution in [1.29, 1.82) is 0 Å². The van der Waals surface area contributed by atoms with Gasteiger partial charge in [0, 0.05) is 0 Å². The van der Waals surface area contributed by atoms with Crippen molar-refractivity contribution in [3.63, 3.8) is 0 Å². The number of rotatable bonds is 4. The highest BCUT2D eigenvalue weighted by molar-refractivity contribution is 6.20. The van der Waals surface area contributed by atoms with Gasteiger partial charge in [-0.05, 0) is 0 Å². The number of epoxide rings is 1. The molecule has 0 spiro atoms. The van der Waals surface area contributed by atoms with E-state index in [1.165, 1.54) is 0 Å². The van der Waals surface area contributed by atoms with Crippen molar-refractivity contribution in [3.8, 4) is 0 Å². The van der Waals surface area contributed by atoms with Gasteiger partial charge in [0.25, 0.3) is 5.63 Å². The van der Waals surface area contributed by atoms with Crippen molar-refractivity contribution in [2.75, 3.05) is 13.2 Å². The summed E-state index contributed by atoms with van der Waals surface area (Å²) in [6.07, 6.45) is -4.23. The third-order valence-electron chi connectivity index (χ3n) is 1.12. The zero-order valence-corrected chi connectivity index (χ0v) is 6.15. The molecule has 0 radical (unpaired) electrons. The van der Waals surface area contributed by atoms with Crippen LogP contribution in [0.5, 0.6) is 0 Å². The Hall–Kier alpha value is -0.0000000000000000416. The lowest BCUT2D eigenvalue weighted by molar-refractivity contribution is -0.257. The second-order valence-corrected chi connectivity index (χ2v) is 2.51. The molecule has 2 nitrogen and oxygen atoms in total. The molecule has 2 atom stereocenters. The van der Waals surface area contributed by atoms with Gasteiger partial charge in [-0.3, -0.25) is 0 Å². The zero-order valence-electron chi connectivity index (χ0n) is 5.40.